The molecule has 4 rings (SSSR count). The largest absolute Gasteiger partial charge is 0.493 e. The van der Waals surface area contributed by atoms with E-state index in [1.54, 1.807) is 16.7 Å². The number of morpholine rings is 1. The van der Waals surface area contributed by atoms with Crippen LogP contribution in [0.3, 0.4) is 0 Å². The van der Waals surface area contributed by atoms with Crippen molar-refractivity contribution in [2.45, 2.75) is 32.2 Å². The molecule has 1 aromatic heterocycles. The summed E-state index contributed by atoms with van der Waals surface area (Å²) in [6.07, 6.45) is 1.63. The van der Waals surface area contributed by atoms with Gasteiger partial charge in [-0.1, -0.05) is 23.8 Å². The number of sulfonamides is 1. The number of aromatic hydroxyl groups is 1. The standard InChI is InChI=1S/C25H29N5O4S2/c1-5-8-30-21-7-6-19(36(32,33)29-9-11-34-12-10-29)15-20(21)23(24(30)31)27-28-25(35)26-22-17(3)13-16(2)14-18(22)4/h5-7,13-15,31H,1,8-12H2,2-4H3,(H,26,35). The summed E-state index contributed by atoms with van der Waals surface area (Å²) in [6.45, 7) is 11.3. The Morgan fingerprint density at radius 2 is 1.86 bits per heavy atom. The number of nitrogens with zero attached hydrogens (tertiary/aromatic N) is 4. The molecule has 1 fully saturated rings. The number of nitrogens with one attached hydrogen (secondary N) is 1. The highest BCUT2D eigenvalue weighted by molar-refractivity contribution is 7.89. The molecule has 9 nitrogen and oxygen atoms in total. The van der Waals surface area contributed by atoms with Crippen LogP contribution in [-0.2, 0) is 21.3 Å². The van der Waals surface area contributed by atoms with E-state index in [9.17, 15) is 13.5 Å². The smallest absolute Gasteiger partial charge is 0.243 e. The second-order valence-electron chi connectivity index (χ2n) is 8.67. The molecule has 0 radical (unpaired) electrons. The Morgan fingerprint density at radius 1 is 1.19 bits per heavy atom. The van der Waals surface area contributed by atoms with Crippen molar-refractivity contribution >= 4 is 49.6 Å². The minimum Gasteiger partial charge on any atom is -0.493 e. The van der Waals surface area contributed by atoms with Gasteiger partial charge >= 0.3 is 0 Å². The van der Waals surface area contributed by atoms with Crippen LogP contribution >= 0.6 is 12.2 Å². The normalized spacial score (nSPS) is 15.0. The van der Waals surface area contributed by atoms with Crippen LogP contribution in [0.2, 0.25) is 0 Å². The van der Waals surface area contributed by atoms with E-state index in [0.717, 1.165) is 22.4 Å². The van der Waals surface area contributed by atoms with Gasteiger partial charge in [-0.2, -0.15) is 4.31 Å². The van der Waals surface area contributed by atoms with Gasteiger partial charge in [0.15, 0.2) is 5.69 Å². The van der Waals surface area contributed by atoms with Crippen molar-refractivity contribution in [1.29, 1.82) is 0 Å². The number of aromatic nitrogens is 1. The Morgan fingerprint density at radius 3 is 2.50 bits per heavy atom. The molecule has 0 unspecified atom stereocenters. The zero-order chi connectivity index (χ0) is 26.0. The van der Waals surface area contributed by atoms with Crippen molar-refractivity contribution in [3.05, 3.63) is 59.7 Å². The maximum Gasteiger partial charge on any atom is 0.243 e. The Hall–Kier alpha value is -3.12. The van der Waals surface area contributed by atoms with Gasteiger partial charge < -0.3 is 19.7 Å². The highest BCUT2D eigenvalue weighted by Crippen LogP contribution is 2.40. The van der Waals surface area contributed by atoms with E-state index in [0.29, 0.717) is 30.7 Å². The summed E-state index contributed by atoms with van der Waals surface area (Å²) in [5, 5.41) is 23.0. The SMILES string of the molecule is C=CCn1c(O)c(N=NC(=S)Nc2c(C)cc(C)cc2C)c2cc(S(=O)(=O)N3CCOCC3)ccc21. The number of allylic oxidation sites excluding steroid dienone is 1. The molecule has 0 spiro atoms. The quantitative estimate of drug-likeness (QED) is 0.266. The molecule has 11 heteroatoms. The summed E-state index contributed by atoms with van der Waals surface area (Å²) in [5.41, 5.74) is 4.77. The zero-order valence-electron chi connectivity index (χ0n) is 20.5. The average molecular weight is 528 g/mol. The summed E-state index contributed by atoms with van der Waals surface area (Å²) < 4.78 is 34.7. The minimum atomic E-state index is -3.74. The molecule has 2 heterocycles. The van der Waals surface area contributed by atoms with Gasteiger partial charge in [0.1, 0.15) is 0 Å². The van der Waals surface area contributed by atoms with Crippen LogP contribution < -0.4 is 5.32 Å². The number of thiocarbonyl (C=S) groups is 1. The maximum absolute atomic E-state index is 13.2. The fourth-order valence-electron chi connectivity index (χ4n) is 4.42. The first-order valence-corrected chi connectivity index (χ1v) is 13.3. The highest BCUT2D eigenvalue weighted by atomic mass is 32.2. The van der Waals surface area contributed by atoms with Crippen LogP contribution in [0.5, 0.6) is 5.88 Å². The zero-order valence-corrected chi connectivity index (χ0v) is 22.1. The van der Waals surface area contributed by atoms with Crippen LogP contribution in [0.4, 0.5) is 11.4 Å². The van der Waals surface area contributed by atoms with Gasteiger partial charge in [-0.05, 0) is 62.3 Å². The fourth-order valence-corrected chi connectivity index (χ4v) is 5.99. The topological polar surface area (TPSA) is 109 Å². The summed E-state index contributed by atoms with van der Waals surface area (Å²) in [4.78, 5) is 0.107. The van der Waals surface area contributed by atoms with Crippen LogP contribution in [0.15, 0.2) is 58.1 Å². The monoisotopic (exact) mass is 527 g/mol. The van der Waals surface area contributed by atoms with E-state index >= 15 is 0 Å². The van der Waals surface area contributed by atoms with E-state index in [2.05, 4.69) is 22.1 Å². The van der Waals surface area contributed by atoms with Crippen molar-refractivity contribution in [1.82, 2.24) is 8.87 Å². The van der Waals surface area contributed by atoms with E-state index in [-0.39, 0.29) is 34.7 Å². The molecule has 36 heavy (non-hydrogen) atoms. The number of fused-ring (bicyclic) bond motifs is 1. The number of azo groups is 1. The van der Waals surface area contributed by atoms with Crippen LogP contribution in [0, 0.1) is 20.8 Å². The number of hydrogen-bond donors (Lipinski definition) is 2. The summed E-state index contributed by atoms with van der Waals surface area (Å²) >= 11 is 5.39. The van der Waals surface area contributed by atoms with Gasteiger partial charge in [-0.15, -0.1) is 16.8 Å². The van der Waals surface area contributed by atoms with Crippen molar-refractivity contribution in [2.24, 2.45) is 10.2 Å². The minimum absolute atomic E-state index is 0.107. The molecule has 2 N–H and O–H groups in total. The number of anilines is 1. The molecule has 0 aliphatic carbocycles. The number of hydrogen-bond acceptors (Lipinski definition) is 6. The van der Waals surface area contributed by atoms with Crippen molar-refractivity contribution < 1.29 is 18.3 Å². The molecule has 0 bridgehead atoms. The maximum atomic E-state index is 13.2. The van der Waals surface area contributed by atoms with E-state index in [4.69, 9.17) is 17.0 Å². The first kappa shape index (κ1) is 26.0. The van der Waals surface area contributed by atoms with E-state index < -0.39 is 10.0 Å². The van der Waals surface area contributed by atoms with E-state index in [1.807, 2.05) is 32.9 Å². The Bertz CT molecular complexity index is 1450. The Labute approximate surface area is 216 Å². The van der Waals surface area contributed by atoms with Crippen LogP contribution in [-0.4, -0.2) is 53.8 Å². The summed E-state index contributed by atoms with van der Waals surface area (Å²) in [7, 11) is -3.74. The molecule has 0 amide bonds. The van der Waals surface area contributed by atoms with E-state index in [1.165, 1.54) is 16.4 Å². The molecule has 190 valence electrons. The first-order chi connectivity index (χ1) is 17.1. The molecule has 2 aromatic carbocycles. The van der Waals surface area contributed by atoms with Crippen molar-refractivity contribution in [2.75, 3.05) is 31.6 Å². The number of aryl methyl sites for hydroxylation is 3. The number of ether oxygens (including phenoxy) is 1. The third kappa shape index (κ3) is 5.05. The van der Waals surface area contributed by atoms with Crippen LogP contribution in [0.1, 0.15) is 16.7 Å². The van der Waals surface area contributed by atoms with Gasteiger partial charge in [0.25, 0.3) is 0 Å². The highest BCUT2D eigenvalue weighted by Gasteiger charge is 2.28. The molecule has 3 aromatic rings. The molecule has 1 saturated heterocycles. The Balaban J connectivity index is 1.72. The van der Waals surface area contributed by atoms with Gasteiger partial charge in [-0.25, -0.2) is 8.42 Å². The van der Waals surface area contributed by atoms with Crippen LogP contribution in [0.25, 0.3) is 10.9 Å². The summed E-state index contributed by atoms with van der Waals surface area (Å²) in [6, 6.07) is 8.78. The number of benzene rings is 2. The predicted molar refractivity (Wildman–Crippen MR) is 145 cm³/mol. The molecule has 1 aliphatic rings. The van der Waals surface area contributed by atoms with Crippen molar-refractivity contribution in [3.8, 4) is 5.88 Å². The molecular formula is C25H29N5O4S2. The second-order valence-corrected chi connectivity index (χ2v) is 11.0. The summed E-state index contributed by atoms with van der Waals surface area (Å²) in [5.74, 6) is -0.153. The van der Waals surface area contributed by atoms with Crippen molar-refractivity contribution in [3.63, 3.8) is 0 Å². The molecular weight excluding hydrogens is 498 g/mol. The molecule has 0 atom stereocenters. The van der Waals surface area contributed by atoms with Gasteiger partial charge in [0.2, 0.25) is 21.0 Å². The Kier molecular flexibility index (Phi) is 7.55. The first-order valence-electron chi connectivity index (χ1n) is 11.5. The second kappa shape index (κ2) is 10.5. The lowest BCUT2D eigenvalue weighted by atomic mass is 10.1. The van der Waals surface area contributed by atoms with Gasteiger partial charge in [0.05, 0.1) is 23.6 Å². The lowest BCUT2D eigenvalue weighted by Crippen LogP contribution is -2.40. The van der Waals surface area contributed by atoms with Gasteiger partial charge in [0, 0.05) is 30.7 Å². The van der Waals surface area contributed by atoms with Gasteiger partial charge in [-0.3, -0.25) is 0 Å². The third-order valence-corrected chi connectivity index (χ3v) is 8.13. The lowest BCUT2D eigenvalue weighted by Gasteiger charge is -2.26. The molecule has 0 saturated carbocycles. The number of rotatable bonds is 6. The fraction of sp³-hybridized carbons (Fsp3) is 0.320. The predicted octanol–water partition coefficient (Wildman–Crippen LogP) is 4.96. The average Bonchev–Trinajstić information content (AvgIpc) is 3.11. The third-order valence-electron chi connectivity index (χ3n) is 6.05. The molecule has 1 aliphatic heterocycles. The lowest BCUT2D eigenvalue weighted by molar-refractivity contribution is 0.0730.